The topological polar surface area (TPSA) is 88.2 Å². The lowest BCUT2D eigenvalue weighted by Crippen LogP contribution is -2.33. The molecule has 0 aromatic heterocycles. The van der Waals surface area contributed by atoms with Gasteiger partial charge >= 0.3 is 5.97 Å². The molecule has 19 heavy (non-hydrogen) atoms. The van der Waals surface area contributed by atoms with E-state index < -0.39 is 12.0 Å². The van der Waals surface area contributed by atoms with Crippen LogP contribution in [0.25, 0.3) is 5.57 Å². The third kappa shape index (κ3) is 4.22. The smallest absolute Gasteiger partial charge is 0.322 e. The van der Waals surface area contributed by atoms with Gasteiger partial charge in [0, 0.05) is 25.0 Å². The summed E-state index contributed by atoms with van der Waals surface area (Å²) in [5, 5.41) is 10.2. The normalized spacial score (nSPS) is 12.7. The van der Waals surface area contributed by atoms with Gasteiger partial charge in [-0.2, -0.15) is 0 Å². The Bertz CT molecular complexity index is 466. The summed E-state index contributed by atoms with van der Waals surface area (Å²) in [5.41, 5.74) is 8.37. The van der Waals surface area contributed by atoms with Gasteiger partial charge in [0.2, 0.25) is 0 Å². The molecule has 0 saturated heterocycles. The first-order valence-corrected chi connectivity index (χ1v) is 5.93. The van der Waals surface area contributed by atoms with Gasteiger partial charge in [-0.05, 0) is 17.5 Å². The number of benzene rings is 1. The van der Waals surface area contributed by atoms with Crippen LogP contribution in [0.4, 0.5) is 0 Å². The van der Waals surface area contributed by atoms with E-state index in [0.29, 0.717) is 6.42 Å². The van der Waals surface area contributed by atoms with E-state index in [-0.39, 0.29) is 0 Å². The van der Waals surface area contributed by atoms with Crippen molar-refractivity contribution in [3.8, 4) is 0 Å². The van der Waals surface area contributed by atoms with Crippen LogP contribution in [0.2, 0.25) is 0 Å². The molecule has 0 heterocycles. The van der Waals surface area contributed by atoms with Gasteiger partial charge in [0.05, 0.1) is 7.11 Å². The molecule has 0 saturated carbocycles. The number of nitrogens with two attached hydrogens (primary N) is 1. The predicted molar refractivity (Wildman–Crippen MR) is 76.0 cm³/mol. The van der Waals surface area contributed by atoms with Gasteiger partial charge in [0.25, 0.3) is 0 Å². The lowest BCUT2D eigenvalue weighted by atomic mass is 10.0. The molecule has 102 valence electrons. The van der Waals surface area contributed by atoms with Crippen LogP contribution in [0.5, 0.6) is 0 Å². The van der Waals surface area contributed by atoms with Crippen LogP contribution in [-0.4, -0.2) is 32.4 Å². The van der Waals surface area contributed by atoms with Crippen molar-refractivity contribution in [3.05, 3.63) is 41.6 Å². The number of carbonyl (C=O) groups excluding carboxylic acids is 1. The maximum absolute atomic E-state index is 11.2. The van der Waals surface area contributed by atoms with Crippen molar-refractivity contribution >= 4 is 17.8 Å². The van der Waals surface area contributed by atoms with Gasteiger partial charge in [-0.25, -0.2) is 0 Å². The molecular weight excluding hydrogens is 242 g/mol. The summed E-state index contributed by atoms with van der Waals surface area (Å²) in [4.78, 5) is 11.2. The van der Waals surface area contributed by atoms with E-state index in [1.807, 2.05) is 24.3 Å². The van der Waals surface area contributed by atoms with Crippen molar-refractivity contribution in [2.24, 2.45) is 5.73 Å². The number of hydrogen-bond acceptors (Lipinski definition) is 5. The third-order valence-corrected chi connectivity index (χ3v) is 2.70. The molecule has 5 nitrogen and oxygen atoms in total. The predicted octanol–water partition coefficient (Wildman–Crippen LogP) is 0.939. The number of esters is 1. The van der Waals surface area contributed by atoms with E-state index in [1.54, 1.807) is 13.2 Å². The Morgan fingerprint density at radius 2 is 2.11 bits per heavy atom. The summed E-state index contributed by atoms with van der Waals surface area (Å²) in [6, 6.07) is 6.93. The van der Waals surface area contributed by atoms with Crippen LogP contribution in [0.15, 0.2) is 30.5 Å². The average Bonchev–Trinajstić information content (AvgIpc) is 2.44. The van der Waals surface area contributed by atoms with Crippen molar-refractivity contribution in [2.75, 3.05) is 14.2 Å². The molecule has 1 atom stereocenters. The van der Waals surface area contributed by atoms with Gasteiger partial charge < -0.3 is 21.2 Å². The van der Waals surface area contributed by atoms with Gasteiger partial charge in [-0.1, -0.05) is 24.3 Å². The summed E-state index contributed by atoms with van der Waals surface area (Å²) in [5.74, 6) is -0.417. The molecule has 0 amide bonds. The van der Waals surface area contributed by atoms with E-state index in [1.165, 1.54) is 13.3 Å². The third-order valence-electron chi connectivity index (χ3n) is 2.70. The second-order valence-corrected chi connectivity index (χ2v) is 4.06. The zero-order chi connectivity index (χ0) is 14.3. The van der Waals surface area contributed by atoms with Crippen molar-refractivity contribution in [3.63, 3.8) is 0 Å². The van der Waals surface area contributed by atoms with Crippen molar-refractivity contribution in [2.45, 2.75) is 12.5 Å². The van der Waals surface area contributed by atoms with E-state index in [4.69, 9.17) is 11.1 Å². The number of hydrogen-bond donors (Lipinski definition) is 3. The highest BCUT2D eigenvalue weighted by atomic mass is 16.5. The number of carbonyl (C=O) groups is 1. The van der Waals surface area contributed by atoms with Crippen LogP contribution < -0.4 is 11.1 Å². The summed E-state index contributed by atoms with van der Waals surface area (Å²) in [7, 11) is 3.11. The molecule has 1 aromatic carbocycles. The zero-order valence-corrected chi connectivity index (χ0v) is 11.1. The molecule has 4 N–H and O–H groups in total. The SMILES string of the molecule is CN/C=C(\C=N)c1ccc(C[C@H](N)C(=O)OC)cc1. The average molecular weight is 261 g/mol. The molecular formula is C14H19N3O2. The van der Waals surface area contributed by atoms with E-state index in [2.05, 4.69) is 10.1 Å². The Morgan fingerprint density at radius 3 is 2.58 bits per heavy atom. The van der Waals surface area contributed by atoms with Crippen LogP contribution in [-0.2, 0) is 16.0 Å². The Labute approximate surface area is 113 Å². The molecule has 5 heteroatoms. The Hall–Kier alpha value is -2.14. The van der Waals surface area contributed by atoms with Gasteiger partial charge in [-0.3, -0.25) is 4.79 Å². The standard InChI is InChI=1S/C14H19N3O2/c1-17-9-12(8-15)11-5-3-10(4-6-11)7-13(16)14(18)19-2/h3-6,8-9,13,15,17H,7,16H2,1-2H3/b12-9+,15-8?/t13-/m0/s1. The van der Waals surface area contributed by atoms with Crippen molar-refractivity contribution in [1.29, 1.82) is 5.41 Å². The Morgan fingerprint density at radius 1 is 1.47 bits per heavy atom. The van der Waals surface area contributed by atoms with Gasteiger partial charge in [-0.15, -0.1) is 0 Å². The highest BCUT2D eigenvalue weighted by Gasteiger charge is 2.14. The molecule has 1 aromatic rings. The van der Waals surface area contributed by atoms with Crippen molar-refractivity contribution in [1.82, 2.24) is 5.32 Å². The zero-order valence-electron chi connectivity index (χ0n) is 11.1. The quantitative estimate of drug-likeness (QED) is 0.525. The maximum atomic E-state index is 11.2. The Kier molecular flexibility index (Phi) is 5.75. The number of nitrogens with one attached hydrogen (secondary N) is 2. The summed E-state index contributed by atoms with van der Waals surface area (Å²) < 4.78 is 4.58. The Balaban J connectivity index is 2.79. The first kappa shape index (κ1) is 14.9. The molecule has 0 fully saturated rings. The van der Waals surface area contributed by atoms with E-state index in [9.17, 15) is 4.79 Å². The molecule has 0 aliphatic rings. The summed E-state index contributed by atoms with van der Waals surface area (Å²) in [6.07, 6.45) is 3.47. The fourth-order valence-electron chi connectivity index (χ4n) is 1.69. The minimum atomic E-state index is -0.647. The fourth-order valence-corrected chi connectivity index (χ4v) is 1.69. The molecule has 1 rings (SSSR count). The van der Waals surface area contributed by atoms with Crippen LogP contribution in [0.1, 0.15) is 11.1 Å². The number of ether oxygens (including phenoxy) is 1. The highest BCUT2D eigenvalue weighted by molar-refractivity contribution is 6.08. The molecule has 0 aliphatic carbocycles. The minimum Gasteiger partial charge on any atom is -0.468 e. The maximum Gasteiger partial charge on any atom is 0.322 e. The number of methoxy groups -OCH3 is 1. The molecule has 0 aliphatic heterocycles. The van der Waals surface area contributed by atoms with Gasteiger partial charge in [0.15, 0.2) is 0 Å². The molecule has 0 bridgehead atoms. The first-order chi connectivity index (χ1) is 9.12. The number of rotatable bonds is 6. The van der Waals surface area contributed by atoms with Gasteiger partial charge in [0.1, 0.15) is 6.04 Å². The van der Waals surface area contributed by atoms with E-state index >= 15 is 0 Å². The lowest BCUT2D eigenvalue weighted by Gasteiger charge is -2.10. The summed E-state index contributed by atoms with van der Waals surface area (Å²) in [6.45, 7) is 0. The van der Waals surface area contributed by atoms with E-state index in [0.717, 1.165) is 16.7 Å². The second-order valence-electron chi connectivity index (χ2n) is 4.06. The van der Waals surface area contributed by atoms with Crippen molar-refractivity contribution < 1.29 is 9.53 Å². The monoisotopic (exact) mass is 261 g/mol. The largest absolute Gasteiger partial charge is 0.468 e. The summed E-state index contributed by atoms with van der Waals surface area (Å²) >= 11 is 0. The van der Waals surface area contributed by atoms with Crippen LogP contribution in [0.3, 0.4) is 0 Å². The fraction of sp³-hybridized carbons (Fsp3) is 0.286. The minimum absolute atomic E-state index is 0.417. The van der Waals surface area contributed by atoms with Crippen LogP contribution in [0, 0.1) is 5.41 Å². The first-order valence-electron chi connectivity index (χ1n) is 5.93. The molecule has 0 spiro atoms. The van der Waals surface area contributed by atoms with Crippen LogP contribution >= 0.6 is 0 Å². The molecule has 0 unspecified atom stereocenters. The lowest BCUT2D eigenvalue weighted by molar-refractivity contribution is -0.142. The second kappa shape index (κ2) is 7.33. The highest BCUT2D eigenvalue weighted by Crippen LogP contribution is 2.13. The number of allylic oxidation sites excluding steroid dienone is 1. The molecule has 0 radical (unpaired) electrons.